The molecule has 0 N–H and O–H groups in total. The number of fused-ring (bicyclic) bond motifs is 4. The molecule has 98 valence electrons. The van der Waals surface area contributed by atoms with Crippen LogP contribution in [-0.4, -0.2) is 4.98 Å². The van der Waals surface area contributed by atoms with Crippen LogP contribution < -0.4 is 4.74 Å². The van der Waals surface area contributed by atoms with Crippen LogP contribution in [0.15, 0.2) is 42.5 Å². The van der Waals surface area contributed by atoms with Gasteiger partial charge in [-0.2, -0.15) is 0 Å². The zero-order valence-corrected chi connectivity index (χ0v) is 11.7. The summed E-state index contributed by atoms with van der Waals surface area (Å²) in [5, 5.41) is 1.88. The average molecular weight is 282 g/mol. The number of halogens is 1. The van der Waals surface area contributed by atoms with Crippen molar-refractivity contribution in [2.24, 2.45) is 0 Å². The second-order valence-electron chi connectivity index (χ2n) is 5.01. The number of benzene rings is 2. The Morgan fingerprint density at radius 1 is 1.15 bits per heavy atom. The van der Waals surface area contributed by atoms with E-state index in [0.717, 1.165) is 28.1 Å². The molecule has 3 heteroatoms. The summed E-state index contributed by atoms with van der Waals surface area (Å²) in [7, 11) is 0. The van der Waals surface area contributed by atoms with Crippen LogP contribution in [0.4, 0.5) is 0 Å². The van der Waals surface area contributed by atoms with Gasteiger partial charge < -0.3 is 4.74 Å². The molecule has 0 atom stereocenters. The third-order valence-electron chi connectivity index (χ3n) is 3.85. The van der Waals surface area contributed by atoms with Gasteiger partial charge in [0.25, 0.3) is 0 Å². The molecule has 0 amide bonds. The fourth-order valence-corrected chi connectivity index (χ4v) is 2.95. The summed E-state index contributed by atoms with van der Waals surface area (Å²) in [6.45, 7) is 2.69. The molecule has 1 aliphatic heterocycles. The van der Waals surface area contributed by atoms with Crippen molar-refractivity contribution >= 4 is 22.5 Å². The molecule has 0 spiro atoms. The van der Waals surface area contributed by atoms with Crippen LogP contribution in [0.2, 0.25) is 5.02 Å². The normalized spacial score (nSPS) is 12.7. The van der Waals surface area contributed by atoms with Gasteiger partial charge >= 0.3 is 0 Å². The highest BCUT2D eigenvalue weighted by Crippen LogP contribution is 2.40. The minimum atomic E-state index is 0.563. The van der Waals surface area contributed by atoms with Gasteiger partial charge in [0.1, 0.15) is 12.4 Å². The van der Waals surface area contributed by atoms with E-state index in [-0.39, 0.29) is 0 Å². The van der Waals surface area contributed by atoms with Gasteiger partial charge in [0, 0.05) is 21.5 Å². The highest BCUT2D eigenvalue weighted by Gasteiger charge is 2.22. The van der Waals surface area contributed by atoms with Gasteiger partial charge in [0.05, 0.1) is 11.2 Å². The molecule has 3 aromatic rings. The van der Waals surface area contributed by atoms with E-state index in [1.807, 2.05) is 36.4 Å². The first kappa shape index (κ1) is 11.7. The topological polar surface area (TPSA) is 22.1 Å². The maximum atomic E-state index is 6.12. The van der Waals surface area contributed by atoms with Crippen LogP contribution >= 0.6 is 11.6 Å². The first-order chi connectivity index (χ1) is 9.74. The minimum Gasteiger partial charge on any atom is -0.488 e. The Morgan fingerprint density at radius 2 is 2.00 bits per heavy atom. The summed E-state index contributed by atoms with van der Waals surface area (Å²) >= 11 is 6.12. The molecule has 4 rings (SSSR count). The van der Waals surface area contributed by atoms with Gasteiger partial charge in [-0.3, -0.25) is 0 Å². The molecular weight excluding hydrogens is 270 g/mol. The third-order valence-corrected chi connectivity index (χ3v) is 4.08. The van der Waals surface area contributed by atoms with Crippen LogP contribution in [-0.2, 0) is 6.61 Å². The van der Waals surface area contributed by atoms with E-state index in [1.54, 1.807) is 0 Å². The number of rotatable bonds is 0. The molecule has 2 nitrogen and oxygen atoms in total. The number of aryl methyl sites for hydroxylation is 1. The standard InChI is InChI=1S/C17H12ClNO/c1-10-12-4-2-3-5-15(12)19-17-13-8-11(18)6-7-16(13)20-9-14(10)17/h2-8H,9H2,1H3. The van der Waals surface area contributed by atoms with Crippen molar-refractivity contribution in [2.45, 2.75) is 13.5 Å². The lowest BCUT2D eigenvalue weighted by molar-refractivity contribution is 0.301. The van der Waals surface area contributed by atoms with Crippen LogP contribution in [0, 0.1) is 6.92 Å². The summed E-state index contributed by atoms with van der Waals surface area (Å²) in [4.78, 5) is 4.82. The van der Waals surface area contributed by atoms with Gasteiger partial charge in [-0.15, -0.1) is 0 Å². The number of hydrogen-bond donors (Lipinski definition) is 0. The van der Waals surface area contributed by atoms with Crippen LogP contribution in [0.25, 0.3) is 22.2 Å². The maximum absolute atomic E-state index is 6.12. The zero-order valence-electron chi connectivity index (χ0n) is 11.0. The highest BCUT2D eigenvalue weighted by molar-refractivity contribution is 6.31. The molecule has 20 heavy (non-hydrogen) atoms. The first-order valence-corrected chi connectivity index (χ1v) is 6.93. The van der Waals surface area contributed by atoms with Crippen LogP contribution in [0.1, 0.15) is 11.1 Å². The van der Waals surface area contributed by atoms with Gasteiger partial charge in [-0.1, -0.05) is 29.8 Å². The molecule has 2 heterocycles. The summed E-state index contributed by atoms with van der Waals surface area (Å²) in [6, 6.07) is 13.9. The van der Waals surface area contributed by atoms with Crippen molar-refractivity contribution in [3.8, 4) is 17.0 Å². The number of ether oxygens (including phenoxy) is 1. The Bertz CT molecular complexity index is 842. The Balaban J connectivity index is 2.10. The van der Waals surface area contributed by atoms with E-state index in [9.17, 15) is 0 Å². The van der Waals surface area contributed by atoms with E-state index in [1.165, 1.54) is 10.9 Å². The lowest BCUT2D eigenvalue weighted by Crippen LogP contribution is -2.09. The molecule has 0 saturated carbocycles. The SMILES string of the molecule is Cc1c2c(nc3ccccc13)-c1cc(Cl)ccc1OC2. The molecule has 0 aliphatic carbocycles. The average Bonchev–Trinajstić information content (AvgIpc) is 2.47. The van der Waals surface area contributed by atoms with Crippen LogP contribution in [0.3, 0.4) is 0 Å². The Labute approximate surface area is 122 Å². The predicted molar refractivity (Wildman–Crippen MR) is 81.3 cm³/mol. The zero-order chi connectivity index (χ0) is 13.7. The number of pyridine rings is 1. The second kappa shape index (κ2) is 4.22. The monoisotopic (exact) mass is 281 g/mol. The van der Waals surface area contributed by atoms with Crippen molar-refractivity contribution in [1.82, 2.24) is 4.98 Å². The lowest BCUT2D eigenvalue weighted by atomic mass is 9.96. The van der Waals surface area contributed by atoms with Gasteiger partial charge in [0.2, 0.25) is 0 Å². The third kappa shape index (κ3) is 1.61. The van der Waals surface area contributed by atoms with E-state index in [2.05, 4.69) is 13.0 Å². The van der Waals surface area contributed by atoms with Crippen LogP contribution in [0.5, 0.6) is 5.75 Å². The molecule has 0 fully saturated rings. The van der Waals surface area contributed by atoms with Crippen molar-refractivity contribution in [1.29, 1.82) is 0 Å². The number of aromatic nitrogens is 1. The number of hydrogen-bond acceptors (Lipinski definition) is 2. The first-order valence-electron chi connectivity index (χ1n) is 6.55. The molecule has 1 aromatic heterocycles. The fourth-order valence-electron chi connectivity index (χ4n) is 2.78. The summed E-state index contributed by atoms with van der Waals surface area (Å²) in [6.07, 6.45) is 0. The summed E-state index contributed by atoms with van der Waals surface area (Å²) in [5.74, 6) is 0.851. The quantitative estimate of drug-likeness (QED) is 0.593. The van der Waals surface area contributed by atoms with Crippen molar-refractivity contribution < 1.29 is 4.74 Å². The smallest absolute Gasteiger partial charge is 0.129 e. The van der Waals surface area contributed by atoms with E-state index in [0.29, 0.717) is 11.6 Å². The maximum Gasteiger partial charge on any atom is 0.129 e. The minimum absolute atomic E-state index is 0.563. The largest absolute Gasteiger partial charge is 0.488 e. The second-order valence-corrected chi connectivity index (χ2v) is 5.45. The number of nitrogens with zero attached hydrogens (tertiary/aromatic N) is 1. The Hall–Kier alpha value is -2.06. The molecule has 0 saturated heterocycles. The van der Waals surface area contributed by atoms with Crippen molar-refractivity contribution in [3.63, 3.8) is 0 Å². The van der Waals surface area contributed by atoms with E-state index in [4.69, 9.17) is 21.3 Å². The molecule has 1 aliphatic rings. The van der Waals surface area contributed by atoms with Gasteiger partial charge in [-0.05, 0) is 36.8 Å². The molecule has 0 radical (unpaired) electrons. The predicted octanol–water partition coefficient (Wildman–Crippen LogP) is 4.76. The highest BCUT2D eigenvalue weighted by atomic mass is 35.5. The van der Waals surface area contributed by atoms with Crippen molar-refractivity contribution in [2.75, 3.05) is 0 Å². The van der Waals surface area contributed by atoms with E-state index < -0.39 is 0 Å². The summed E-state index contributed by atoms with van der Waals surface area (Å²) < 4.78 is 5.84. The van der Waals surface area contributed by atoms with Gasteiger partial charge in [0.15, 0.2) is 0 Å². The van der Waals surface area contributed by atoms with Gasteiger partial charge in [-0.25, -0.2) is 4.98 Å². The van der Waals surface area contributed by atoms with E-state index >= 15 is 0 Å². The Morgan fingerprint density at radius 3 is 2.90 bits per heavy atom. The fraction of sp³-hybridized carbons (Fsp3) is 0.118. The molecule has 0 bridgehead atoms. The molecule has 2 aromatic carbocycles. The van der Waals surface area contributed by atoms with Crippen molar-refractivity contribution in [3.05, 3.63) is 58.6 Å². The molecule has 0 unspecified atom stereocenters. The Kier molecular flexibility index (Phi) is 2.48. The lowest BCUT2D eigenvalue weighted by Gasteiger charge is -2.22. The summed E-state index contributed by atoms with van der Waals surface area (Å²) in [5.41, 5.74) is 5.36. The molecular formula is C17H12ClNO. The number of para-hydroxylation sites is 1.